The Morgan fingerprint density at radius 3 is 2.81 bits per heavy atom. The van der Waals surface area contributed by atoms with E-state index in [2.05, 4.69) is 34.2 Å². The van der Waals surface area contributed by atoms with E-state index in [1.807, 2.05) is 6.92 Å². The molecule has 3 aliphatic rings. The van der Waals surface area contributed by atoms with Gasteiger partial charge in [-0.1, -0.05) is 25.5 Å². The molecule has 1 aliphatic carbocycles. The van der Waals surface area contributed by atoms with E-state index >= 15 is 0 Å². The van der Waals surface area contributed by atoms with Crippen molar-refractivity contribution in [3.63, 3.8) is 0 Å². The lowest BCUT2D eigenvalue weighted by atomic mass is 9.74. The van der Waals surface area contributed by atoms with Crippen LogP contribution in [0.3, 0.4) is 0 Å². The number of nitriles is 1. The number of allylic oxidation sites excluding steroid dienone is 1. The number of carbonyl (C=O) groups excluding carboxylic acids is 2. The number of hydrogen-bond acceptors (Lipinski definition) is 6. The van der Waals surface area contributed by atoms with Gasteiger partial charge in [-0.2, -0.15) is 5.26 Å². The van der Waals surface area contributed by atoms with Crippen LogP contribution in [-0.4, -0.2) is 49.3 Å². The summed E-state index contributed by atoms with van der Waals surface area (Å²) in [6, 6.07) is 2.21. The lowest BCUT2D eigenvalue weighted by Crippen LogP contribution is -2.61. The van der Waals surface area contributed by atoms with E-state index in [0.29, 0.717) is 12.5 Å². The molecule has 4 rings (SSSR count). The van der Waals surface area contributed by atoms with Gasteiger partial charge in [0.1, 0.15) is 11.4 Å². The Kier molecular flexibility index (Phi) is 7.85. The first kappa shape index (κ1) is 27.0. The lowest BCUT2D eigenvalue weighted by Gasteiger charge is -2.44. The standard InChI is InChI=1S/C25H31F2N5O4S/c1-14-11-17(12-28)23(16-7-5-3-4-6-8-16)31-22(14)15(2)29-20(33)13-32-25(34)30-19-10-9-18(26)21(27)24(19)37(32,35)36/h5,7,9-10,14-17,22-23,31H,3-4,6,8,11,13H2,1-2H3,(H,29,33)(H,30,34)/t14?,15-,16?,17?,22?,23?/m0/s1. The van der Waals surface area contributed by atoms with Crippen LogP contribution in [0.25, 0.3) is 0 Å². The van der Waals surface area contributed by atoms with Gasteiger partial charge >= 0.3 is 6.03 Å². The number of halogens is 2. The van der Waals surface area contributed by atoms with Gasteiger partial charge in [-0.25, -0.2) is 26.3 Å². The molecular formula is C25H31F2N5O4S. The fraction of sp³-hybridized carbons (Fsp3) is 0.560. The van der Waals surface area contributed by atoms with Crippen LogP contribution in [0.2, 0.25) is 0 Å². The Morgan fingerprint density at radius 2 is 2.08 bits per heavy atom. The molecule has 3 amide bonds. The van der Waals surface area contributed by atoms with E-state index in [9.17, 15) is 32.0 Å². The number of carbonyl (C=O) groups is 2. The monoisotopic (exact) mass is 535 g/mol. The van der Waals surface area contributed by atoms with Crippen molar-refractivity contribution < 1.29 is 26.8 Å². The van der Waals surface area contributed by atoms with E-state index in [-0.39, 0.29) is 39.8 Å². The average molecular weight is 536 g/mol. The smallest absolute Gasteiger partial charge is 0.336 e. The van der Waals surface area contributed by atoms with Gasteiger partial charge in [-0.15, -0.1) is 0 Å². The molecule has 0 saturated carbocycles. The van der Waals surface area contributed by atoms with Crippen LogP contribution in [-0.2, 0) is 14.8 Å². The van der Waals surface area contributed by atoms with Crippen molar-refractivity contribution in [1.29, 1.82) is 5.26 Å². The molecule has 1 aromatic rings. The van der Waals surface area contributed by atoms with Gasteiger partial charge in [0.15, 0.2) is 11.6 Å². The summed E-state index contributed by atoms with van der Waals surface area (Å²) >= 11 is 0. The van der Waals surface area contributed by atoms with E-state index in [4.69, 9.17) is 0 Å². The molecule has 1 fully saturated rings. The molecule has 6 atom stereocenters. The number of piperidine rings is 1. The Balaban J connectivity index is 1.47. The number of hydrogen-bond donors (Lipinski definition) is 3. The van der Waals surface area contributed by atoms with Crippen LogP contribution >= 0.6 is 0 Å². The van der Waals surface area contributed by atoms with Gasteiger partial charge in [0.25, 0.3) is 10.0 Å². The molecule has 200 valence electrons. The van der Waals surface area contributed by atoms with E-state index in [0.717, 1.165) is 31.7 Å². The molecule has 0 spiro atoms. The Labute approximate surface area is 215 Å². The van der Waals surface area contributed by atoms with Gasteiger partial charge < -0.3 is 16.0 Å². The molecule has 12 heteroatoms. The summed E-state index contributed by atoms with van der Waals surface area (Å²) in [5, 5.41) is 18.3. The first-order valence-corrected chi connectivity index (χ1v) is 13.9. The minimum absolute atomic E-state index is 0.0388. The van der Waals surface area contributed by atoms with Crippen molar-refractivity contribution in [1.82, 2.24) is 14.9 Å². The highest BCUT2D eigenvalue weighted by atomic mass is 32.2. The number of anilines is 1. The minimum atomic E-state index is -4.80. The molecule has 0 radical (unpaired) electrons. The van der Waals surface area contributed by atoms with Gasteiger partial charge in [0, 0.05) is 18.1 Å². The minimum Gasteiger partial charge on any atom is -0.350 e. The Morgan fingerprint density at radius 1 is 1.32 bits per heavy atom. The number of rotatable bonds is 5. The molecule has 37 heavy (non-hydrogen) atoms. The molecule has 1 aromatic carbocycles. The van der Waals surface area contributed by atoms with E-state index < -0.39 is 51.1 Å². The number of nitrogens with zero attached hydrogens (tertiary/aromatic N) is 2. The number of benzene rings is 1. The fourth-order valence-electron chi connectivity index (χ4n) is 5.65. The highest BCUT2D eigenvalue weighted by molar-refractivity contribution is 7.90. The fourth-order valence-corrected chi connectivity index (χ4v) is 7.15. The van der Waals surface area contributed by atoms with Crippen LogP contribution in [0, 0.1) is 40.7 Å². The summed E-state index contributed by atoms with van der Waals surface area (Å²) in [4.78, 5) is 24.3. The first-order chi connectivity index (χ1) is 17.5. The predicted molar refractivity (Wildman–Crippen MR) is 132 cm³/mol. The summed E-state index contributed by atoms with van der Waals surface area (Å²) < 4.78 is 54.0. The van der Waals surface area contributed by atoms with Gasteiger partial charge in [0.2, 0.25) is 5.91 Å². The zero-order valence-electron chi connectivity index (χ0n) is 20.7. The molecule has 3 N–H and O–H groups in total. The van der Waals surface area contributed by atoms with Crippen molar-refractivity contribution in [3.8, 4) is 6.07 Å². The summed E-state index contributed by atoms with van der Waals surface area (Å²) in [7, 11) is -4.80. The second-order valence-corrected chi connectivity index (χ2v) is 11.9. The normalized spacial score (nSPS) is 29.9. The van der Waals surface area contributed by atoms with Gasteiger partial charge in [-0.3, -0.25) is 4.79 Å². The topological polar surface area (TPSA) is 131 Å². The molecular weight excluding hydrogens is 504 g/mol. The zero-order chi connectivity index (χ0) is 26.9. The van der Waals surface area contributed by atoms with Crippen LogP contribution < -0.4 is 16.0 Å². The lowest BCUT2D eigenvalue weighted by molar-refractivity contribution is -0.122. The summed E-state index contributed by atoms with van der Waals surface area (Å²) in [5.74, 6) is -3.72. The van der Waals surface area contributed by atoms with Crippen LogP contribution in [0.15, 0.2) is 29.2 Å². The molecule has 0 aromatic heterocycles. The summed E-state index contributed by atoms with van der Waals surface area (Å²) in [6.45, 7) is 2.86. The molecule has 1 saturated heterocycles. The quantitative estimate of drug-likeness (QED) is 0.496. The van der Waals surface area contributed by atoms with Crippen molar-refractivity contribution >= 4 is 27.6 Å². The zero-order valence-corrected chi connectivity index (χ0v) is 21.5. The van der Waals surface area contributed by atoms with Crippen molar-refractivity contribution in [2.75, 3.05) is 11.9 Å². The highest BCUT2D eigenvalue weighted by Gasteiger charge is 2.43. The number of fused-ring (bicyclic) bond motifs is 1. The maximum Gasteiger partial charge on any atom is 0.336 e. The van der Waals surface area contributed by atoms with Crippen molar-refractivity contribution in [2.45, 2.75) is 69.0 Å². The maximum absolute atomic E-state index is 14.3. The molecule has 0 bridgehead atoms. The second kappa shape index (κ2) is 10.8. The van der Waals surface area contributed by atoms with Crippen LogP contribution in [0.4, 0.5) is 19.3 Å². The third-order valence-electron chi connectivity index (χ3n) is 7.51. The van der Waals surface area contributed by atoms with Crippen molar-refractivity contribution in [3.05, 3.63) is 35.9 Å². The number of urea groups is 1. The average Bonchev–Trinajstić information content (AvgIpc) is 3.13. The Bertz CT molecular complexity index is 1250. The number of nitrogens with one attached hydrogen (secondary N) is 3. The van der Waals surface area contributed by atoms with Gasteiger partial charge in [-0.05, 0) is 56.6 Å². The molecule has 9 nitrogen and oxygen atoms in total. The molecule has 5 unspecified atom stereocenters. The number of amides is 3. The first-order valence-electron chi connectivity index (χ1n) is 12.5. The predicted octanol–water partition coefficient (Wildman–Crippen LogP) is 3.26. The van der Waals surface area contributed by atoms with Crippen LogP contribution in [0.5, 0.6) is 0 Å². The Hall–Kier alpha value is -3.04. The third kappa shape index (κ3) is 5.33. The van der Waals surface area contributed by atoms with E-state index in [1.165, 1.54) is 0 Å². The SMILES string of the molecule is CC1CC(C#N)C(C2C=CCCCC2)NC1[C@H](C)NC(=O)CN1C(=O)Nc2ccc(F)c(F)c2S1(=O)=O. The van der Waals surface area contributed by atoms with Crippen LogP contribution in [0.1, 0.15) is 46.0 Å². The molecule has 2 aliphatic heterocycles. The summed E-state index contributed by atoms with van der Waals surface area (Å²) in [5.41, 5.74) is -0.389. The van der Waals surface area contributed by atoms with Crippen molar-refractivity contribution in [2.24, 2.45) is 17.8 Å². The maximum atomic E-state index is 14.3. The summed E-state index contributed by atoms with van der Waals surface area (Å²) in [6.07, 6.45) is 9.13. The second-order valence-electron chi connectivity index (χ2n) is 10.1. The number of sulfonamides is 1. The van der Waals surface area contributed by atoms with E-state index in [1.54, 1.807) is 6.92 Å². The third-order valence-corrected chi connectivity index (χ3v) is 9.30. The highest BCUT2D eigenvalue weighted by Crippen LogP contribution is 2.35. The largest absolute Gasteiger partial charge is 0.350 e. The van der Waals surface area contributed by atoms with Gasteiger partial charge in [0.05, 0.1) is 17.7 Å². The molecule has 2 heterocycles.